The van der Waals surface area contributed by atoms with Crippen molar-refractivity contribution < 1.29 is 28.8 Å². The number of pyridine rings is 1. The van der Waals surface area contributed by atoms with Gasteiger partial charge in [-0.3, -0.25) is 0 Å². The van der Waals surface area contributed by atoms with Crippen LogP contribution in [0.15, 0.2) is 115 Å². The molecule has 5 rings (SSSR count). The maximum Gasteiger partial charge on any atom is 0.407 e. The molecule has 8 nitrogen and oxygen atoms in total. The Morgan fingerprint density at radius 1 is 1.00 bits per heavy atom. The highest BCUT2D eigenvalue weighted by molar-refractivity contribution is 7.99. The van der Waals surface area contributed by atoms with E-state index in [1.807, 2.05) is 78.9 Å². The topological polar surface area (TPSA) is 104 Å². The van der Waals surface area contributed by atoms with E-state index in [1.54, 1.807) is 6.07 Å². The molecule has 1 aliphatic heterocycles. The second-order valence-electron chi connectivity index (χ2n) is 10.6. The zero-order valence-electron chi connectivity index (χ0n) is 24.5. The Hall–Kier alpha value is -4.15. The zero-order chi connectivity index (χ0) is 30.9. The number of carbonyl (C=O) groups excluding carboxylic acids is 1. The summed E-state index contributed by atoms with van der Waals surface area (Å²) in [5, 5.41) is 25.2. The van der Waals surface area contributed by atoms with Gasteiger partial charge in [0.1, 0.15) is 6.61 Å². The highest BCUT2D eigenvalue weighted by Crippen LogP contribution is 2.43. The monoisotopic (exact) mass is 612 g/mol. The number of carbonyl (C=O) groups is 1. The fourth-order valence-corrected chi connectivity index (χ4v) is 6.17. The summed E-state index contributed by atoms with van der Waals surface area (Å²) in [5.74, 6) is 0.565. The van der Waals surface area contributed by atoms with Gasteiger partial charge in [0.25, 0.3) is 5.03 Å². The van der Waals surface area contributed by atoms with E-state index in [2.05, 4.69) is 24.9 Å². The third-order valence-corrected chi connectivity index (χ3v) is 8.60. The number of alkyl carbamates (subject to hydrolysis) is 1. The number of aliphatic hydroxyl groups excluding tert-OH is 1. The molecule has 4 unspecified atom stereocenters. The van der Waals surface area contributed by atoms with Gasteiger partial charge < -0.3 is 29.8 Å². The molecular weight excluding hydrogens is 576 g/mol. The van der Waals surface area contributed by atoms with Crippen LogP contribution in [0.5, 0.6) is 0 Å². The lowest BCUT2D eigenvalue weighted by Gasteiger charge is -2.41. The average molecular weight is 613 g/mol. The maximum absolute atomic E-state index is 12.3. The number of hydrogen-bond acceptors (Lipinski definition) is 7. The third-order valence-electron chi connectivity index (χ3n) is 7.50. The lowest BCUT2D eigenvalue weighted by atomic mass is 9.91. The van der Waals surface area contributed by atoms with Crippen LogP contribution in [-0.4, -0.2) is 29.7 Å². The van der Waals surface area contributed by atoms with Gasteiger partial charge in [0.05, 0.1) is 18.8 Å². The fraction of sp³-hybridized carbons (Fsp3) is 0.257. The molecule has 0 radical (unpaired) electrons. The minimum absolute atomic E-state index is 0.00641. The number of nitrogens with one attached hydrogen (secondary N) is 1. The summed E-state index contributed by atoms with van der Waals surface area (Å²) in [6.45, 7) is 6.11. The summed E-state index contributed by atoms with van der Waals surface area (Å²) in [7, 11) is 0. The zero-order valence-corrected chi connectivity index (χ0v) is 25.3. The van der Waals surface area contributed by atoms with Gasteiger partial charge in [-0.15, -0.1) is 0 Å². The average Bonchev–Trinajstić information content (AvgIpc) is 3.07. The van der Waals surface area contributed by atoms with Gasteiger partial charge in [0.2, 0.25) is 0 Å². The van der Waals surface area contributed by atoms with Crippen LogP contribution in [0, 0.1) is 11.1 Å². The van der Waals surface area contributed by atoms with E-state index >= 15 is 0 Å². The van der Waals surface area contributed by atoms with Crippen molar-refractivity contribution in [3.63, 3.8) is 0 Å². The van der Waals surface area contributed by atoms with E-state index in [9.17, 15) is 15.1 Å². The SMILES string of the molecule is C=CCOC(=O)NCc1cccc(-c2cccc(C3OC(CSc4cccc[n+]4[O-])C(C)C(c4ccc(CO)cc4)O3)c2)c1. The Morgan fingerprint density at radius 2 is 1.77 bits per heavy atom. The number of aromatic nitrogens is 1. The lowest BCUT2D eigenvalue weighted by Crippen LogP contribution is -2.39. The second-order valence-corrected chi connectivity index (χ2v) is 11.6. The summed E-state index contributed by atoms with van der Waals surface area (Å²) in [6.07, 6.45) is 1.41. The second kappa shape index (κ2) is 15.0. The lowest BCUT2D eigenvalue weighted by molar-refractivity contribution is -0.645. The number of ether oxygens (including phenoxy) is 3. The molecule has 4 atom stereocenters. The first-order chi connectivity index (χ1) is 21.4. The molecule has 1 saturated heterocycles. The molecule has 1 fully saturated rings. The first-order valence-electron chi connectivity index (χ1n) is 14.5. The highest BCUT2D eigenvalue weighted by atomic mass is 32.2. The van der Waals surface area contributed by atoms with Gasteiger partial charge >= 0.3 is 6.09 Å². The standard InChI is InChI=1S/C35H36N2O6S/c1-3-18-41-35(39)36-21-26-8-6-9-28(19-26)29-10-7-11-30(20-29)34-42-31(23-44-32-12-4-5-17-37(32)40)24(2)33(43-34)27-15-13-25(22-38)14-16-27/h3-17,19-20,24,31,33-34,38H,1,18,21-23H2,2H3,(H,36,39). The molecule has 0 aliphatic carbocycles. The van der Waals surface area contributed by atoms with E-state index < -0.39 is 12.4 Å². The summed E-state index contributed by atoms with van der Waals surface area (Å²) in [5.41, 5.74) is 5.61. The highest BCUT2D eigenvalue weighted by Gasteiger charge is 2.38. The van der Waals surface area contributed by atoms with Crippen molar-refractivity contribution in [2.45, 2.75) is 43.6 Å². The van der Waals surface area contributed by atoms with E-state index in [0.29, 0.717) is 17.3 Å². The van der Waals surface area contributed by atoms with Crippen LogP contribution in [0.25, 0.3) is 11.1 Å². The molecule has 2 heterocycles. The van der Waals surface area contributed by atoms with Gasteiger partial charge in [0, 0.05) is 35.9 Å². The first kappa shape index (κ1) is 31.3. The molecule has 1 aliphatic rings. The predicted molar refractivity (Wildman–Crippen MR) is 169 cm³/mol. The largest absolute Gasteiger partial charge is 0.618 e. The smallest absolute Gasteiger partial charge is 0.407 e. The molecule has 3 aromatic carbocycles. The first-order valence-corrected chi connectivity index (χ1v) is 15.5. The Morgan fingerprint density at radius 3 is 2.52 bits per heavy atom. The van der Waals surface area contributed by atoms with Gasteiger partial charge in [0.15, 0.2) is 12.5 Å². The Balaban J connectivity index is 1.38. The van der Waals surface area contributed by atoms with Crippen molar-refractivity contribution in [3.05, 3.63) is 137 Å². The number of benzene rings is 3. The van der Waals surface area contributed by atoms with Crippen molar-refractivity contribution in [1.82, 2.24) is 5.32 Å². The van der Waals surface area contributed by atoms with Crippen LogP contribution in [0.2, 0.25) is 0 Å². The van der Waals surface area contributed by atoms with Gasteiger partial charge in [-0.2, -0.15) is 4.73 Å². The van der Waals surface area contributed by atoms with E-state index in [4.69, 9.17) is 14.2 Å². The molecular formula is C35H36N2O6S. The molecule has 4 aromatic rings. The Labute approximate surface area is 261 Å². The van der Waals surface area contributed by atoms with Crippen LogP contribution in [-0.2, 0) is 27.4 Å². The molecule has 9 heteroatoms. The van der Waals surface area contributed by atoms with Crippen molar-refractivity contribution in [2.75, 3.05) is 12.4 Å². The quantitative estimate of drug-likeness (QED) is 0.0865. The molecule has 0 saturated carbocycles. The maximum atomic E-state index is 12.3. The number of nitrogens with zero attached hydrogens (tertiary/aromatic N) is 1. The van der Waals surface area contributed by atoms with Crippen molar-refractivity contribution in [1.29, 1.82) is 0 Å². The van der Waals surface area contributed by atoms with Gasteiger partial charge in [-0.1, -0.05) is 92.0 Å². The number of rotatable bonds is 11. The minimum atomic E-state index is -0.640. The molecule has 1 amide bonds. The van der Waals surface area contributed by atoms with Crippen LogP contribution in [0.1, 0.15) is 41.6 Å². The van der Waals surface area contributed by atoms with Gasteiger partial charge in [-0.25, -0.2) is 4.79 Å². The fourth-order valence-electron chi connectivity index (χ4n) is 5.09. The number of aliphatic hydroxyl groups is 1. The van der Waals surface area contributed by atoms with E-state index in [1.165, 1.54) is 24.0 Å². The van der Waals surface area contributed by atoms with Crippen LogP contribution < -0.4 is 10.0 Å². The van der Waals surface area contributed by atoms with Crippen LogP contribution in [0.3, 0.4) is 0 Å². The molecule has 0 bridgehead atoms. The third kappa shape index (κ3) is 7.86. The Kier molecular flexibility index (Phi) is 10.7. The van der Waals surface area contributed by atoms with Gasteiger partial charge in [-0.05, 0) is 46.0 Å². The summed E-state index contributed by atoms with van der Waals surface area (Å²) in [4.78, 5) is 11.9. The summed E-state index contributed by atoms with van der Waals surface area (Å²) < 4.78 is 19.1. The number of amides is 1. The van der Waals surface area contributed by atoms with Crippen LogP contribution >= 0.6 is 11.8 Å². The van der Waals surface area contributed by atoms with Crippen molar-refractivity contribution in [3.8, 4) is 11.1 Å². The summed E-state index contributed by atoms with van der Waals surface area (Å²) >= 11 is 1.46. The van der Waals surface area contributed by atoms with Crippen LogP contribution in [0.4, 0.5) is 4.79 Å². The number of hydrogen-bond donors (Lipinski definition) is 2. The molecule has 2 N–H and O–H groups in total. The molecule has 0 spiro atoms. The van der Waals surface area contributed by atoms with Crippen molar-refractivity contribution in [2.24, 2.45) is 5.92 Å². The number of thioether (sulfide) groups is 1. The van der Waals surface area contributed by atoms with E-state index in [-0.39, 0.29) is 31.3 Å². The summed E-state index contributed by atoms with van der Waals surface area (Å²) in [6, 6.07) is 29.2. The molecule has 228 valence electrons. The Bertz CT molecular complexity index is 1560. The molecule has 1 aromatic heterocycles. The predicted octanol–water partition coefficient (Wildman–Crippen LogP) is 6.48. The normalized spacial score (nSPS) is 19.7. The molecule has 44 heavy (non-hydrogen) atoms. The van der Waals surface area contributed by atoms with Crippen molar-refractivity contribution >= 4 is 17.9 Å². The van der Waals surface area contributed by atoms with E-state index in [0.717, 1.165) is 38.1 Å². The minimum Gasteiger partial charge on any atom is -0.618 e.